The minimum Gasteiger partial charge on any atom is -0.462 e. The molecule has 11 atom stereocenters. The van der Waals surface area contributed by atoms with E-state index in [2.05, 4.69) is 26.0 Å². The van der Waals surface area contributed by atoms with E-state index < -0.39 is 92.7 Å². The number of hydrogen-bond acceptors (Lipinski definition) is 15. The van der Waals surface area contributed by atoms with Gasteiger partial charge in [-0.3, -0.25) is 9.59 Å². The Bertz CT molecular complexity index is 1250. The lowest BCUT2D eigenvalue weighted by Crippen LogP contribution is -2.61. The largest absolute Gasteiger partial charge is 0.462 e. The number of esters is 2. The van der Waals surface area contributed by atoms with E-state index in [9.17, 15) is 45.3 Å². The van der Waals surface area contributed by atoms with Crippen molar-refractivity contribution in [2.24, 2.45) is 0 Å². The van der Waals surface area contributed by atoms with Gasteiger partial charge in [-0.15, -0.1) is 0 Å². The average molecular weight is 989 g/mol. The molecule has 2 fully saturated rings. The summed E-state index contributed by atoms with van der Waals surface area (Å²) in [5, 5.41) is 72.1. The predicted octanol–water partition coefficient (Wildman–Crippen LogP) is 8.55. The molecule has 0 spiro atoms. The highest BCUT2D eigenvalue weighted by Gasteiger charge is 2.47. The van der Waals surface area contributed by atoms with E-state index >= 15 is 0 Å². The van der Waals surface area contributed by atoms with E-state index in [0.29, 0.717) is 12.8 Å². The van der Waals surface area contributed by atoms with Gasteiger partial charge in [-0.25, -0.2) is 0 Å². The Morgan fingerprint density at radius 2 is 0.841 bits per heavy atom. The zero-order chi connectivity index (χ0) is 50.3. The van der Waals surface area contributed by atoms with Crippen LogP contribution in [-0.2, 0) is 38.0 Å². The van der Waals surface area contributed by atoms with Crippen molar-refractivity contribution in [1.82, 2.24) is 0 Å². The highest BCUT2D eigenvalue weighted by molar-refractivity contribution is 5.70. The number of rotatable bonds is 44. The van der Waals surface area contributed by atoms with E-state index in [0.717, 1.165) is 57.8 Å². The molecule has 2 aliphatic heterocycles. The van der Waals surface area contributed by atoms with Crippen LogP contribution in [0.2, 0.25) is 0 Å². The number of carbonyl (C=O) groups excluding carboxylic acids is 2. The van der Waals surface area contributed by atoms with E-state index in [1.807, 2.05) is 0 Å². The minimum atomic E-state index is -1.76. The van der Waals surface area contributed by atoms with Crippen LogP contribution in [0.1, 0.15) is 226 Å². The van der Waals surface area contributed by atoms with Crippen LogP contribution in [-0.4, -0.2) is 142 Å². The van der Waals surface area contributed by atoms with Gasteiger partial charge in [-0.1, -0.05) is 193 Å². The van der Waals surface area contributed by atoms with Gasteiger partial charge in [0.05, 0.1) is 19.8 Å². The molecule has 0 amide bonds. The molecule has 0 aromatic heterocycles. The number of unbranched alkanes of at least 4 members (excludes halogenated alkanes) is 28. The molecule has 0 aromatic carbocycles. The van der Waals surface area contributed by atoms with Gasteiger partial charge in [0.25, 0.3) is 0 Å². The molecule has 2 heterocycles. The van der Waals surface area contributed by atoms with Crippen LogP contribution >= 0.6 is 0 Å². The maximum absolute atomic E-state index is 13.0. The molecular weight excluding hydrogens is 889 g/mol. The third-order valence-corrected chi connectivity index (χ3v) is 13.5. The Balaban J connectivity index is 1.72. The molecule has 0 aliphatic carbocycles. The molecule has 15 heteroatoms. The van der Waals surface area contributed by atoms with E-state index in [1.54, 1.807) is 0 Å². The number of hydrogen-bond donors (Lipinski definition) is 7. The van der Waals surface area contributed by atoms with Crippen LogP contribution in [0, 0.1) is 0 Å². The first kappa shape index (κ1) is 63.4. The molecule has 2 aliphatic rings. The fraction of sp³-hybridized carbons (Fsp3) is 0.926. The first-order valence-corrected chi connectivity index (χ1v) is 27.8. The number of ether oxygens (including phenoxy) is 6. The Morgan fingerprint density at radius 3 is 1.32 bits per heavy atom. The lowest BCUT2D eigenvalue weighted by atomic mass is 9.98. The van der Waals surface area contributed by atoms with Gasteiger partial charge in [0.2, 0.25) is 0 Å². The Hall–Kier alpha value is -1.76. The summed E-state index contributed by atoms with van der Waals surface area (Å²) >= 11 is 0. The number of aliphatic hydroxyl groups is 7. The van der Waals surface area contributed by atoms with Crippen molar-refractivity contribution in [1.29, 1.82) is 0 Å². The second-order valence-corrected chi connectivity index (χ2v) is 19.8. The van der Waals surface area contributed by atoms with Crippen molar-refractivity contribution in [3.05, 3.63) is 12.2 Å². The number of carbonyl (C=O) groups is 2. The molecule has 7 N–H and O–H groups in total. The molecule has 0 saturated carbocycles. The summed E-state index contributed by atoms with van der Waals surface area (Å²) in [4.78, 5) is 25.8. The summed E-state index contributed by atoms with van der Waals surface area (Å²) in [6, 6.07) is 0. The predicted molar refractivity (Wildman–Crippen MR) is 266 cm³/mol. The van der Waals surface area contributed by atoms with Crippen molar-refractivity contribution in [3.8, 4) is 0 Å². The maximum atomic E-state index is 13.0. The van der Waals surface area contributed by atoms with Crippen LogP contribution in [0.5, 0.6) is 0 Å². The Labute approximate surface area is 416 Å². The quantitative estimate of drug-likeness (QED) is 0.0172. The summed E-state index contributed by atoms with van der Waals surface area (Å²) < 4.78 is 33.6. The summed E-state index contributed by atoms with van der Waals surface area (Å²) in [6.07, 6.45) is 25.4. The first-order chi connectivity index (χ1) is 33.5. The van der Waals surface area contributed by atoms with Gasteiger partial charge in [0.15, 0.2) is 18.7 Å². The molecule has 0 radical (unpaired) electrons. The van der Waals surface area contributed by atoms with Crippen LogP contribution in [0.15, 0.2) is 12.2 Å². The van der Waals surface area contributed by atoms with Crippen molar-refractivity contribution in [3.63, 3.8) is 0 Å². The van der Waals surface area contributed by atoms with Gasteiger partial charge < -0.3 is 64.2 Å². The molecule has 11 unspecified atom stereocenters. The molecule has 0 aromatic rings. The van der Waals surface area contributed by atoms with Crippen molar-refractivity contribution in [2.45, 2.75) is 293 Å². The number of allylic oxidation sites excluding steroid dienone is 2. The molecule has 0 bridgehead atoms. The highest BCUT2D eigenvalue weighted by atomic mass is 16.7. The molecule has 2 saturated heterocycles. The molecular formula is C54H100O15. The fourth-order valence-corrected chi connectivity index (χ4v) is 8.91. The normalized spacial score (nSPS) is 25.6. The van der Waals surface area contributed by atoms with Gasteiger partial charge in [-0.2, -0.15) is 0 Å². The van der Waals surface area contributed by atoms with Gasteiger partial charge >= 0.3 is 11.9 Å². The Kier molecular flexibility index (Phi) is 38.3. The van der Waals surface area contributed by atoms with E-state index in [1.165, 1.54) is 128 Å². The SMILES string of the molecule is CCCC/C=C\CCCCCCCC(=O)OC(COC(=O)CCCCCCCCCCCCCCCCCCCCCCCC)COC1OC(COC2OC(CO)C(O)C(O)C2O)C(O)C(O)C1O. The van der Waals surface area contributed by atoms with Crippen LogP contribution < -0.4 is 0 Å². The Morgan fingerprint density at radius 1 is 0.449 bits per heavy atom. The van der Waals surface area contributed by atoms with Gasteiger partial charge in [-0.05, 0) is 32.1 Å². The summed E-state index contributed by atoms with van der Waals surface area (Å²) in [5.74, 6) is -0.924. The van der Waals surface area contributed by atoms with Crippen molar-refractivity contribution >= 4 is 11.9 Å². The third-order valence-electron chi connectivity index (χ3n) is 13.5. The van der Waals surface area contributed by atoms with Crippen molar-refractivity contribution < 1.29 is 73.8 Å². The van der Waals surface area contributed by atoms with Crippen LogP contribution in [0.3, 0.4) is 0 Å². The van der Waals surface area contributed by atoms with E-state index in [-0.39, 0.29) is 26.1 Å². The van der Waals surface area contributed by atoms with Crippen LogP contribution in [0.4, 0.5) is 0 Å². The minimum absolute atomic E-state index is 0.158. The second-order valence-electron chi connectivity index (χ2n) is 19.8. The zero-order valence-corrected chi connectivity index (χ0v) is 43.1. The topological polar surface area (TPSA) is 231 Å². The standard InChI is InChI=1S/C54H100O15/c1-3-5-7-9-11-13-15-16-17-18-19-20-21-22-23-24-25-27-28-30-32-34-36-45(56)64-39-42(67-46(57)37-35-33-31-29-26-14-12-10-8-6-4-2)40-65-53-52(63)50(61)48(59)44(69-53)41-66-54-51(62)49(60)47(58)43(38-55)68-54/h10,12,42-44,47-55,58-63H,3-9,11,13-41H2,1-2H3/b12-10-. The second kappa shape index (κ2) is 41.7. The summed E-state index contributed by atoms with van der Waals surface area (Å²) in [5.41, 5.74) is 0. The average Bonchev–Trinajstić information content (AvgIpc) is 3.34. The summed E-state index contributed by atoms with van der Waals surface area (Å²) in [7, 11) is 0. The summed E-state index contributed by atoms with van der Waals surface area (Å²) in [6.45, 7) is 2.57. The smallest absolute Gasteiger partial charge is 0.306 e. The van der Waals surface area contributed by atoms with E-state index in [4.69, 9.17) is 28.4 Å². The van der Waals surface area contributed by atoms with Crippen molar-refractivity contribution in [2.75, 3.05) is 26.4 Å². The zero-order valence-electron chi connectivity index (χ0n) is 43.1. The lowest BCUT2D eigenvalue weighted by Gasteiger charge is -2.42. The molecule has 406 valence electrons. The fourth-order valence-electron chi connectivity index (χ4n) is 8.91. The van der Waals surface area contributed by atoms with Gasteiger partial charge in [0, 0.05) is 12.8 Å². The van der Waals surface area contributed by atoms with Gasteiger partial charge in [0.1, 0.15) is 55.4 Å². The molecule has 69 heavy (non-hydrogen) atoms. The molecule has 15 nitrogen and oxygen atoms in total. The first-order valence-electron chi connectivity index (χ1n) is 27.8. The lowest BCUT2D eigenvalue weighted by molar-refractivity contribution is -0.332. The van der Waals surface area contributed by atoms with Crippen LogP contribution in [0.25, 0.3) is 0 Å². The highest BCUT2D eigenvalue weighted by Crippen LogP contribution is 2.27. The number of aliphatic hydroxyl groups excluding tert-OH is 7. The maximum Gasteiger partial charge on any atom is 0.306 e. The molecule has 2 rings (SSSR count). The monoisotopic (exact) mass is 989 g/mol. The third kappa shape index (κ3) is 29.5.